The van der Waals surface area contributed by atoms with Gasteiger partial charge >= 0.3 is 11.9 Å². The Bertz CT molecular complexity index is 1570. The van der Waals surface area contributed by atoms with Crippen molar-refractivity contribution in [3.8, 4) is 5.75 Å². The minimum atomic E-state index is -1.87. The van der Waals surface area contributed by atoms with E-state index in [-0.39, 0.29) is 35.7 Å². The summed E-state index contributed by atoms with van der Waals surface area (Å²) >= 11 is 0. The number of esters is 2. The molecule has 0 amide bonds. The normalized spacial score (nSPS) is 22.3. The number of quaternary nitrogens is 1. The minimum absolute atomic E-state index is 0. The van der Waals surface area contributed by atoms with Gasteiger partial charge in [-0.3, -0.25) is 0 Å². The minimum Gasteiger partial charge on any atom is -1.00 e. The zero-order chi connectivity index (χ0) is 30.7. The van der Waals surface area contributed by atoms with Gasteiger partial charge in [0.15, 0.2) is 6.61 Å². The van der Waals surface area contributed by atoms with Crippen molar-refractivity contribution in [2.45, 2.75) is 62.9 Å². The molecular formula is C37H40BrNO6. The second-order valence-electron chi connectivity index (χ2n) is 12.3. The standard InChI is InChI=1S/C37H40NO6.BrH/c1-3-42-35(39)25-43-33-19-16-27-20-26(14-15-28(27)21-33)24-38(2)31-17-18-32(38)23-34(22-31)44-36(40)37(41,29-10-6-4-7-11-29)30-12-8-5-9-13-30;/h4-16,19-21,31-32,34,41H,3,17-18,22-25H2,1-2H3;1H/q+1;/p-1/t31-,32+,34+,38-;. The van der Waals surface area contributed by atoms with Crippen LogP contribution in [0.1, 0.15) is 49.3 Å². The van der Waals surface area contributed by atoms with Crippen molar-refractivity contribution in [3.05, 3.63) is 114 Å². The Hall–Kier alpha value is -3.72. The van der Waals surface area contributed by atoms with E-state index in [0.29, 0.717) is 35.6 Å². The average molecular weight is 675 g/mol. The van der Waals surface area contributed by atoms with Crippen LogP contribution in [-0.2, 0) is 31.2 Å². The Labute approximate surface area is 275 Å². The van der Waals surface area contributed by atoms with Gasteiger partial charge < -0.3 is 40.8 Å². The number of ether oxygens (including phenoxy) is 3. The molecule has 2 aliphatic heterocycles. The molecule has 2 aliphatic rings. The third kappa shape index (κ3) is 6.64. The molecule has 4 aromatic rings. The number of halogens is 1. The van der Waals surface area contributed by atoms with Gasteiger partial charge in [0.25, 0.3) is 0 Å². The van der Waals surface area contributed by atoms with Crippen LogP contribution in [0.2, 0.25) is 0 Å². The molecule has 8 heteroatoms. The second-order valence-corrected chi connectivity index (χ2v) is 12.3. The third-order valence-electron chi connectivity index (χ3n) is 9.59. The molecule has 6 rings (SSSR count). The number of carbonyl (C=O) groups excluding carboxylic acids is 2. The van der Waals surface area contributed by atoms with E-state index in [0.717, 1.165) is 47.5 Å². The number of aliphatic hydroxyl groups is 1. The lowest BCUT2D eigenvalue weighted by Crippen LogP contribution is -3.00. The molecular weight excluding hydrogens is 634 g/mol. The molecule has 2 saturated heterocycles. The Balaban J connectivity index is 0.00000400. The lowest BCUT2D eigenvalue weighted by Gasteiger charge is -2.47. The van der Waals surface area contributed by atoms with E-state index in [1.165, 1.54) is 5.56 Å². The predicted molar refractivity (Wildman–Crippen MR) is 168 cm³/mol. The van der Waals surface area contributed by atoms with E-state index < -0.39 is 11.6 Å². The van der Waals surface area contributed by atoms with Crippen LogP contribution in [0, 0.1) is 0 Å². The number of benzene rings is 4. The molecule has 4 aromatic carbocycles. The highest BCUT2D eigenvalue weighted by molar-refractivity contribution is 5.86. The molecule has 7 nitrogen and oxygen atoms in total. The van der Waals surface area contributed by atoms with Crippen molar-refractivity contribution in [1.29, 1.82) is 0 Å². The van der Waals surface area contributed by atoms with E-state index in [2.05, 4.69) is 25.2 Å². The van der Waals surface area contributed by atoms with Crippen LogP contribution in [0.15, 0.2) is 97.1 Å². The summed E-state index contributed by atoms with van der Waals surface area (Å²) in [4.78, 5) is 25.4. The zero-order valence-corrected chi connectivity index (χ0v) is 27.3. The SMILES string of the molecule is CCOC(=O)COc1ccc2cc(C[N@+]3(C)[C@@H]4CC[C@H]3C[C@@H](OC(=O)C(O)(c3ccccc3)c3ccccc3)C4)ccc2c1.[Br-]. The van der Waals surface area contributed by atoms with E-state index >= 15 is 0 Å². The Morgan fingerprint density at radius 1 is 0.844 bits per heavy atom. The van der Waals surface area contributed by atoms with Gasteiger partial charge in [-0.05, 0) is 47.0 Å². The smallest absolute Gasteiger partial charge is 0.347 e. The Morgan fingerprint density at radius 2 is 1.42 bits per heavy atom. The summed E-state index contributed by atoms with van der Waals surface area (Å²) in [5.74, 6) is -0.356. The van der Waals surface area contributed by atoms with Crippen LogP contribution in [0.25, 0.3) is 10.8 Å². The lowest BCUT2D eigenvalue weighted by molar-refractivity contribution is -0.961. The zero-order valence-electron chi connectivity index (χ0n) is 25.7. The summed E-state index contributed by atoms with van der Waals surface area (Å²) in [6.07, 6.45) is 3.48. The predicted octanol–water partition coefficient (Wildman–Crippen LogP) is 2.91. The third-order valence-corrected chi connectivity index (χ3v) is 9.59. The molecule has 4 atom stereocenters. The topological polar surface area (TPSA) is 82.1 Å². The first kappa shape index (κ1) is 32.7. The molecule has 2 heterocycles. The van der Waals surface area contributed by atoms with Gasteiger partial charge in [0.1, 0.15) is 18.4 Å². The summed E-state index contributed by atoms with van der Waals surface area (Å²) in [5, 5.41) is 14.0. The monoisotopic (exact) mass is 673 g/mol. The summed E-state index contributed by atoms with van der Waals surface area (Å²) in [6, 6.07) is 31.2. The van der Waals surface area contributed by atoms with E-state index in [1.54, 1.807) is 31.2 Å². The van der Waals surface area contributed by atoms with Crippen molar-refractivity contribution in [2.24, 2.45) is 0 Å². The molecule has 0 aromatic heterocycles. The molecule has 0 spiro atoms. The maximum atomic E-state index is 13.8. The van der Waals surface area contributed by atoms with Gasteiger partial charge in [-0.1, -0.05) is 78.9 Å². The number of hydrogen-bond acceptors (Lipinski definition) is 6. The maximum absolute atomic E-state index is 13.8. The Morgan fingerprint density at radius 3 is 2.02 bits per heavy atom. The van der Waals surface area contributed by atoms with Crippen molar-refractivity contribution < 1.29 is 50.4 Å². The number of piperidine rings is 1. The van der Waals surface area contributed by atoms with E-state index in [4.69, 9.17) is 14.2 Å². The fourth-order valence-corrected chi connectivity index (χ4v) is 7.25. The largest absolute Gasteiger partial charge is 1.00 e. The van der Waals surface area contributed by atoms with E-state index in [9.17, 15) is 14.7 Å². The molecule has 236 valence electrons. The molecule has 0 saturated carbocycles. The number of rotatable bonds is 10. The van der Waals surface area contributed by atoms with Gasteiger partial charge in [0.2, 0.25) is 5.60 Å². The number of carbonyl (C=O) groups is 2. The van der Waals surface area contributed by atoms with Gasteiger partial charge in [0.05, 0.1) is 25.7 Å². The number of nitrogens with zero attached hydrogens (tertiary/aromatic N) is 1. The van der Waals surface area contributed by atoms with Crippen molar-refractivity contribution in [2.75, 3.05) is 20.3 Å². The number of hydrogen-bond donors (Lipinski definition) is 1. The first-order chi connectivity index (χ1) is 21.3. The highest BCUT2D eigenvalue weighted by atomic mass is 79.9. The summed E-state index contributed by atoms with van der Waals surface area (Å²) in [7, 11) is 2.33. The van der Waals surface area contributed by atoms with E-state index in [1.807, 2.05) is 54.6 Å². The van der Waals surface area contributed by atoms with Crippen LogP contribution in [-0.4, -0.2) is 60.0 Å². The van der Waals surface area contributed by atoms with Gasteiger partial charge in [-0.2, -0.15) is 0 Å². The fraction of sp³-hybridized carbons (Fsp3) is 0.351. The summed E-state index contributed by atoms with van der Waals surface area (Å²) < 4.78 is 17.6. The molecule has 0 unspecified atom stereocenters. The fourth-order valence-electron chi connectivity index (χ4n) is 7.25. The highest BCUT2D eigenvalue weighted by Gasteiger charge is 2.53. The highest BCUT2D eigenvalue weighted by Crippen LogP contribution is 2.44. The number of fused-ring (bicyclic) bond motifs is 3. The molecule has 0 aliphatic carbocycles. The van der Waals surface area contributed by atoms with Crippen molar-refractivity contribution in [1.82, 2.24) is 0 Å². The molecule has 1 N–H and O–H groups in total. The lowest BCUT2D eigenvalue weighted by atomic mass is 9.86. The first-order valence-electron chi connectivity index (χ1n) is 15.5. The first-order valence-corrected chi connectivity index (χ1v) is 15.5. The van der Waals surface area contributed by atoms with Crippen LogP contribution < -0.4 is 21.7 Å². The Kier molecular flexibility index (Phi) is 9.97. The molecule has 2 fully saturated rings. The average Bonchev–Trinajstić information content (AvgIpc) is 3.18. The van der Waals surface area contributed by atoms with Gasteiger partial charge in [-0.15, -0.1) is 0 Å². The van der Waals surface area contributed by atoms with Crippen LogP contribution in [0.5, 0.6) is 5.75 Å². The second kappa shape index (κ2) is 13.7. The molecule has 0 radical (unpaired) electrons. The van der Waals surface area contributed by atoms with Crippen LogP contribution >= 0.6 is 0 Å². The van der Waals surface area contributed by atoms with Crippen molar-refractivity contribution in [3.63, 3.8) is 0 Å². The van der Waals surface area contributed by atoms with Crippen molar-refractivity contribution >= 4 is 22.7 Å². The maximum Gasteiger partial charge on any atom is 0.347 e. The quantitative estimate of drug-likeness (QED) is 0.206. The van der Waals surface area contributed by atoms with Gasteiger partial charge in [-0.25, -0.2) is 9.59 Å². The van der Waals surface area contributed by atoms with Gasteiger partial charge in [0, 0.05) is 31.2 Å². The van der Waals surface area contributed by atoms with Crippen LogP contribution in [0.4, 0.5) is 0 Å². The molecule has 45 heavy (non-hydrogen) atoms. The van der Waals surface area contributed by atoms with Crippen LogP contribution in [0.3, 0.4) is 0 Å². The summed E-state index contributed by atoms with van der Waals surface area (Å²) in [5.41, 5.74) is 0.399. The molecule has 2 bridgehead atoms. The summed E-state index contributed by atoms with van der Waals surface area (Å²) in [6.45, 7) is 2.89.